The summed E-state index contributed by atoms with van der Waals surface area (Å²) < 4.78 is 1.08. The predicted octanol–water partition coefficient (Wildman–Crippen LogP) is 15.1. The molecule has 0 bridgehead atoms. The maximum Gasteiger partial charge on any atom is 0.110 e. The number of thiophene rings is 1. The van der Waals surface area contributed by atoms with E-state index in [0.717, 1.165) is 28.7 Å². The lowest BCUT2D eigenvalue weighted by Gasteiger charge is -2.35. The van der Waals surface area contributed by atoms with Gasteiger partial charge in [0.05, 0.1) is 0 Å². The molecule has 0 N–H and O–H groups in total. The third-order valence-corrected chi connectivity index (χ3v) is 14.3. The van der Waals surface area contributed by atoms with Gasteiger partial charge in [-0.05, 0) is 118 Å². The highest BCUT2D eigenvalue weighted by molar-refractivity contribution is 9.10. The van der Waals surface area contributed by atoms with E-state index in [2.05, 4.69) is 217 Å². The highest BCUT2D eigenvalue weighted by Crippen LogP contribution is 2.56. The summed E-state index contributed by atoms with van der Waals surface area (Å²) in [4.78, 5) is 5.06. The molecule has 56 heavy (non-hydrogen) atoms. The van der Waals surface area contributed by atoms with Gasteiger partial charge in [0, 0.05) is 44.1 Å². The molecular formula is C52H45BrN2S. The van der Waals surface area contributed by atoms with E-state index in [1.165, 1.54) is 65.9 Å². The summed E-state index contributed by atoms with van der Waals surface area (Å²) in [5, 5.41) is 2.42. The van der Waals surface area contributed by atoms with Crippen LogP contribution in [0.2, 0.25) is 0 Å². The number of benzene rings is 5. The molecular weight excluding hydrogens is 765 g/mol. The van der Waals surface area contributed by atoms with Crippen molar-refractivity contribution in [2.75, 3.05) is 9.80 Å². The summed E-state index contributed by atoms with van der Waals surface area (Å²) in [6.45, 7) is 9.57. The average molecular weight is 810 g/mol. The molecule has 6 aromatic rings. The molecule has 0 amide bonds. The lowest BCUT2D eigenvalue weighted by molar-refractivity contribution is 0.392. The Hall–Kier alpha value is -5.16. The van der Waals surface area contributed by atoms with Crippen molar-refractivity contribution >= 4 is 48.6 Å². The van der Waals surface area contributed by atoms with Gasteiger partial charge in [-0.1, -0.05) is 164 Å². The summed E-state index contributed by atoms with van der Waals surface area (Å²) >= 11 is 5.60. The average Bonchev–Trinajstić information content (AvgIpc) is 3.82. The zero-order chi connectivity index (χ0) is 38.2. The van der Waals surface area contributed by atoms with Crippen LogP contribution < -0.4 is 9.80 Å². The standard InChI is InChI=1S/C52H45BrN2S/c1-51(2)46-22-14-12-20-41(46)44-31-38(28-30-47(44)51)55(37-17-9-6-10-18-37)50-43(34-23-25-35(53)26-24-34)33-49(56-50)54(36-15-7-5-8-16-36)39-27-29-42-40-19-11-13-21-45(40)52(3,4)48(42)32-39/h5-7,9-15,17-33,42,48H,8,16H2,1-4H3. The SMILES string of the molecule is CC1(C)c2ccccc2-c2cc(N(c3ccccc3)c3sc(N(C4=CC5C(C=C4)c4ccccc4C5(C)C)C4=CC=CCC4)cc3-c3ccc(Br)cc3)ccc21. The molecule has 0 saturated carbocycles. The lowest BCUT2D eigenvalue weighted by atomic mass is 9.74. The maximum absolute atomic E-state index is 3.72. The summed E-state index contributed by atoms with van der Waals surface area (Å²) in [6, 6.07) is 47.3. The monoisotopic (exact) mass is 808 g/mol. The molecule has 4 aliphatic carbocycles. The van der Waals surface area contributed by atoms with Gasteiger partial charge >= 0.3 is 0 Å². The Morgan fingerprint density at radius 3 is 2.20 bits per heavy atom. The van der Waals surface area contributed by atoms with Gasteiger partial charge in [0.15, 0.2) is 0 Å². The Balaban J connectivity index is 1.17. The van der Waals surface area contributed by atoms with Gasteiger partial charge in [-0.25, -0.2) is 0 Å². The van der Waals surface area contributed by atoms with E-state index in [0.29, 0.717) is 11.8 Å². The highest BCUT2D eigenvalue weighted by Gasteiger charge is 2.45. The van der Waals surface area contributed by atoms with Crippen molar-refractivity contribution in [1.82, 2.24) is 0 Å². The van der Waals surface area contributed by atoms with Gasteiger partial charge in [0.25, 0.3) is 0 Å². The molecule has 0 aliphatic heterocycles. The van der Waals surface area contributed by atoms with Crippen LogP contribution in [-0.2, 0) is 10.8 Å². The molecule has 1 heterocycles. The highest BCUT2D eigenvalue weighted by atomic mass is 79.9. The van der Waals surface area contributed by atoms with Crippen LogP contribution in [0.1, 0.15) is 68.7 Å². The topological polar surface area (TPSA) is 6.48 Å². The van der Waals surface area contributed by atoms with Crippen LogP contribution in [0.15, 0.2) is 180 Å². The van der Waals surface area contributed by atoms with Crippen LogP contribution >= 0.6 is 27.3 Å². The van der Waals surface area contributed by atoms with Crippen LogP contribution in [0.25, 0.3) is 22.3 Å². The minimum Gasteiger partial charge on any atom is -0.306 e. The fourth-order valence-corrected chi connectivity index (χ4v) is 11.4. The van der Waals surface area contributed by atoms with Gasteiger partial charge in [-0.2, -0.15) is 0 Å². The molecule has 276 valence electrons. The van der Waals surface area contributed by atoms with E-state index in [-0.39, 0.29) is 10.8 Å². The number of anilines is 4. The Bertz CT molecular complexity index is 2620. The molecule has 4 heteroatoms. The number of halogens is 1. The summed E-state index contributed by atoms with van der Waals surface area (Å²) in [5.41, 5.74) is 15.6. The molecule has 1 aromatic heterocycles. The quantitative estimate of drug-likeness (QED) is 0.158. The minimum absolute atomic E-state index is 0.0256. The molecule has 4 aliphatic rings. The van der Waals surface area contributed by atoms with E-state index in [1.807, 2.05) is 11.3 Å². The van der Waals surface area contributed by atoms with Crippen LogP contribution in [0.3, 0.4) is 0 Å². The molecule has 0 spiro atoms. The van der Waals surface area contributed by atoms with Gasteiger partial charge in [-0.15, -0.1) is 0 Å². The summed E-state index contributed by atoms with van der Waals surface area (Å²) in [6.07, 6.45) is 16.3. The first-order valence-electron chi connectivity index (χ1n) is 19.8. The third-order valence-electron chi connectivity index (χ3n) is 12.7. The van der Waals surface area contributed by atoms with Crippen molar-refractivity contribution in [2.45, 2.75) is 57.3 Å². The fourth-order valence-electron chi connectivity index (χ4n) is 9.82. The normalized spacial score (nSPS) is 19.4. The molecule has 0 radical (unpaired) electrons. The molecule has 10 rings (SSSR count). The Kier molecular flexibility index (Phi) is 8.50. The molecule has 2 atom stereocenters. The lowest BCUT2D eigenvalue weighted by Crippen LogP contribution is -2.29. The largest absolute Gasteiger partial charge is 0.306 e. The van der Waals surface area contributed by atoms with Crippen molar-refractivity contribution in [3.8, 4) is 22.3 Å². The summed E-state index contributed by atoms with van der Waals surface area (Å²) in [5.74, 6) is 0.750. The van der Waals surface area contributed by atoms with Crippen molar-refractivity contribution in [2.24, 2.45) is 5.92 Å². The first kappa shape index (κ1) is 35.3. The van der Waals surface area contributed by atoms with Gasteiger partial charge in [0.2, 0.25) is 0 Å². The first-order valence-corrected chi connectivity index (χ1v) is 21.5. The van der Waals surface area contributed by atoms with E-state index in [1.54, 1.807) is 0 Å². The fraction of sp³-hybridized carbons (Fsp3) is 0.192. The number of hydrogen-bond acceptors (Lipinski definition) is 3. The number of allylic oxidation sites excluding steroid dienone is 7. The molecule has 0 saturated heterocycles. The Morgan fingerprint density at radius 1 is 0.679 bits per heavy atom. The second kappa shape index (κ2) is 13.5. The smallest absolute Gasteiger partial charge is 0.110 e. The van der Waals surface area contributed by atoms with Crippen LogP contribution in [0.5, 0.6) is 0 Å². The van der Waals surface area contributed by atoms with Crippen LogP contribution in [0.4, 0.5) is 21.4 Å². The zero-order valence-corrected chi connectivity index (χ0v) is 34.7. The number of para-hydroxylation sites is 1. The van der Waals surface area contributed by atoms with Crippen molar-refractivity contribution < 1.29 is 0 Å². The van der Waals surface area contributed by atoms with Crippen molar-refractivity contribution in [1.29, 1.82) is 0 Å². The molecule has 0 fully saturated rings. The van der Waals surface area contributed by atoms with Crippen molar-refractivity contribution in [3.05, 3.63) is 202 Å². The van der Waals surface area contributed by atoms with Gasteiger partial charge in [-0.3, -0.25) is 0 Å². The number of rotatable bonds is 7. The number of hydrogen-bond donors (Lipinski definition) is 0. The molecule has 5 aromatic carbocycles. The maximum atomic E-state index is 3.72. The predicted molar refractivity (Wildman–Crippen MR) is 242 cm³/mol. The minimum atomic E-state index is -0.0567. The summed E-state index contributed by atoms with van der Waals surface area (Å²) in [7, 11) is 0. The first-order chi connectivity index (χ1) is 27.2. The van der Waals surface area contributed by atoms with E-state index >= 15 is 0 Å². The van der Waals surface area contributed by atoms with E-state index in [4.69, 9.17) is 0 Å². The van der Waals surface area contributed by atoms with Gasteiger partial charge in [0.1, 0.15) is 10.0 Å². The van der Waals surface area contributed by atoms with E-state index < -0.39 is 0 Å². The van der Waals surface area contributed by atoms with Crippen LogP contribution in [-0.4, -0.2) is 0 Å². The zero-order valence-electron chi connectivity index (χ0n) is 32.3. The Morgan fingerprint density at radius 2 is 1.41 bits per heavy atom. The third kappa shape index (κ3) is 5.64. The second-order valence-electron chi connectivity index (χ2n) is 16.7. The second-order valence-corrected chi connectivity index (χ2v) is 18.6. The van der Waals surface area contributed by atoms with Crippen LogP contribution in [0, 0.1) is 5.92 Å². The molecule has 2 unspecified atom stereocenters. The Labute approximate surface area is 344 Å². The van der Waals surface area contributed by atoms with Crippen molar-refractivity contribution in [3.63, 3.8) is 0 Å². The van der Waals surface area contributed by atoms with Gasteiger partial charge < -0.3 is 9.80 Å². The molecule has 2 nitrogen and oxygen atoms in total. The van der Waals surface area contributed by atoms with E-state index in [9.17, 15) is 0 Å². The number of nitrogens with zero attached hydrogens (tertiary/aromatic N) is 2. The number of fused-ring (bicyclic) bond motifs is 6.